The number of rotatable bonds is 5. The van der Waals surface area contributed by atoms with Crippen LogP contribution in [0.2, 0.25) is 0 Å². The van der Waals surface area contributed by atoms with E-state index in [0.29, 0.717) is 5.56 Å². The molecule has 1 fully saturated rings. The number of hydrogen-bond acceptors (Lipinski definition) is 3. The second kappa shape index (κ2) is 8.63. The number of alkyl halides is 1. The average molecular weight is 394 g/mol. The first-order valence-corrected chi connectivity index (χ1v) is 10.2. The fourth-order valence-corrected chi connectivity index (χ4v) is 3.85. The van der Waals surface area contributed by atoms with Crippen LogP contribution in [-0.2, 0) is 12.4 Å². The lowest BCUT2D eigenvalue weighted by Crippen LogP contribution is -2.45. The summed E-state index contributed by atoms with van der Waals surface area (Å²) in [6, 6.07) is 22.8. The Morgan fingerprint density at radius 3 is 2.21 bits per heavy atom. The molecule has 0 saturated carbocycles. The maximum Gasteiger partial charge on any atom is 0.252 e. The molecule has 2 heterocycles. The molecule has 4 rings (SSSR count). The molecule has 5 heteroatoms. The highest BCUT2D eigenvalue weighted by molar-refractivity contribution is 6.17. The van der Waals surface area contributed by atoms with E-state index in [4.69, 9.17) is 11.6 Å². The molecular formula is C23H24ClN3O. The molecule has 3 aromatic rings. The summed E-state index contributed by atoms with van der Waals surface area (Å²) < 4.78 is 0. The number of aromatic nitrogens is 1. The largest absolute Gasteiger partial charge is 0.369 e. The van der Waals surface area contributed by atoms with Gasteiger partial charge in [-0.15, -0.1) is 11.6 Å². The van der Waals surface area contributed by atoms with Gasteiger partial charge in [-0.3, -0.25) is 9.69 Å². The zero-order valence-electron chi connectivity index (χ0n) is 15.8. The molecule has 4 nitrogen and oxygen atoms in total. The molecule has 1 aromatic heterocycles. The predicted molar refractivity (Wildman–Crippen MR) is 116 cm³/mol. The molecule has 1 N–H and O–H groups in total. The zero-order valence-corrected chi connectivity index (χ0v) is 16.5. The van der Waals surface area contributed by atoms with Gasteiger partial charge in [-0.25, -0.2) is 0 Å². The lowest BCUT2D eigenvalue weighted by atomic mass is 10.1. The Kier molecular flexibility index (Phi) is 5.79. The summed E-state index contributed by atoms with van der Waals surface area (Å²) in [6.07, 6.45) is 0. The molecule has 144 valence electrons. The molecule has 0 atom stereocenters. The van der Waals surface area contributed by atoms with Crippen molar-refractivity contribution in [3.05, 3.63) is 88.2 Å². The second-order valence-electron chi connectivity index (χ2n) is 7.16. The molecule has 2 aromatic carbocycles. The van der Waals surface area contributed by atoms with Crippen LogP contribution in [0.15, 0.2) is 71.5 Å². The first-order valence-electron chi connectivity index (χ1n) is 9.63. The Balaban J connectivity index is 1.38. The van der Waals surface area contributed by atoms with Crippen molar-refractivity contribution < 1.29 is 0 Å². The van der Waals surface area contributed by atoms with Crippen LogP contribution in [0.5, 0.6) is 0 Å². The highest BCUT2D eigenvalue weighted by Crippen LogP contribution is 2.23. The van der Waals surface area contributed by atoms with Crippen LogP contribution in [0.1, 0.15) is 11.1 Å². The number of aromatic amines is 1. The number of piperazine rings is 1. The molecule has 0 aliphatic carbocycles. The number of hydrogen-bond donors (Lipinski definition) is 1. The molecule has 28 heavy (non-hydrogen) atoms. The van der Waals surface area contributed by atoms with Gasteiger partial charge in [0.15, 0.2) is 0 Å². The number of nitrogens with one attached hydrogen (secondary N) is 1. The van der Waals surface area contributed by atoms with Crippen LogP contribution in [0.4, 0.5) is 5.69 Å². The summed E-state index contributed by atoms with van der Waals surface area (Å²) in [7, 11) is 0. The predicted octanol–water partition coefficient (Wildman–Crippen LogP) is 4.10. The Labute approximate surface area is 170 Å². The summed E-state index contributed by atoms with van der Waals surface area (Å²) >= 11 is 5.76. The van der Waals surface area contributed by atoms with Gasteiger partial charge in [-0.2, -0.15) is 0 Å². The van der Waals surface area contributed by atoms with Crippen LogP contribution in [-0.4, -0.2) is 36.1 Å². The van der Waals surface area contributed by atoms with Crippen LogP contribution in [0.3, 0.4) is 0 Å². The lowest BCUT2D eigenvalue weighted by molar-refractivity contribution is 0.250. The summed E-state index contributed by atoms with van der Waals surface area (Å²) in [5, 5.41) is 0. The van der Waals surface area contributed by atoms with E-state index in [1.807, 2.05) is 6.07 Å². The van der Waals surface area contributed by atoms with E-state index in [1.165, 1.54) is 11.3 Å². The van der Waals surface area contributed by atoms with E-state index in [9.17, 15) is 4.79 Å². The summed E-state index contributed by atoms with van der Waals surface area (Å²) in [6.45, 7) is 5.17. The highest BCUT2D eigenvalue weighted by Gasteiger charge is 2.17. The Bertz CT molecular complexity index is 961. The van der Waals surface area contributed by atoms with E-state index in [0.717, 1.165) is 44.0 Å². The SMILES string of the molecule is O=c1[nH]c(-c2ccc(N3CCN(Cc4ccccc4)CC3)cc2)ccc1CCl. The van der Waals surface area contributed by atoms with Gasteiger partial charge in [0.05, 0.1) is 5.88 Å². The second-order valence-corrected chi connectivity index (χ2v) is 7.42. The number of pyridine rings is 1. The fourth-order valence-electron chi connectivity index (χ4n) is 3.64. The number of nitrogens with zero attached hydrogens (tertiary/aromatic N) is 2. The van der Waals surface area contributed by atoms with E-state index < -0.39 is 0 Å². The third kappa shape index (κ3) is 4.29. The maximum atomic E-state index is 12.0. The molecule has 0 bridgehead atoms. The Morgan fingerprint density at radius 1 is 0.857 bits per heavy atom. The molecule has 0 radical (unpaired) electrons. The van der Waals surface area contributed by atoms with E-state index in [2.05, 4.69) is 69.4 Å². The molecule has 1 aliphatic heterocycles. The van der Waals surface area contributed by atoms with Crippen molar-refractivity contribution in [3.8, 4) is 11.3 Å². The Morgan fingerprint density at radius 2 is 1.57 bits per heavy atom. The van der Waals surface area contributed by atoms with Crippen LogP contribution < -0.4 is 10.5 Å². The van der Waals surface area contributed by atoms with Crippen molar-refractivity contribution in [3.63, 3.8) is 0 Å². The van der Waals surface area contributed by atoms with Crippen molar-refractivity contribution in [1.82, 2.24) is 9.88 Å². The minimum Gasteiger partial charge on any atom is -0.369 e. The van der Waals surface area contributed by atoms with Crippen molar-refractivity contribution >= 4 is 17.3 Å². The molecule has 0 spiro atoms. The number of H-pyrrole nitrogens is 1. The first-order chi connectivity index (χ1) is 13.7. The van der Waals surface area contributed by atoms with Crippen LogP contribution in [0.25, 0.3) is 11.3 Å². The monoisotopic (exact) mass is 393 g/mol. The van der Waals surface area contributed by atoms with Crippen molar-refractivity contribution in [2.75, 3.05) is 31.1 Å². The maximum absolute atomic E-state index is 12.0. The molecule has 0 unspecified atom stereocenters. The van der Waals surface area contributed by atoms with Crippen LogP contribution in [0, 0.1) is 0 Å². The normalized spacial score (nSPS) is 15.0. The zero-order chi connectivity index (χ0) is 19.3. The Hall–Kier alpha value is -2.56. The van der Waals surface area contributed by atoms with E-state index >= 15 is 0 Å². The summed E-state index contributed by atoms with van der Waals surface area (Å²) in [4.78, 5) is 19.8. The van der Waals surface area contributed by atoms with Crippen molar-refractivity contribution in [1.29, 1.82) is 0 Å². The average Bonchev–Trinajstić information content (AvgIpc) is 2.75. The highest BCUT2D eigenvalue weighted by atomic mass is 35.5. The molecule has 1 aliphatic rings. The molecule has 0 amide bonds. The van der Waals surface area contributed by atoms with Gasteiger partial charge in [-0.1, -0.05) is 48.5 Å². The van der Waals surface area contributed by atoms with Gasteiger partial charge in [0.2, 0.25) is 0 Å². The van der Waals surface area contributed by atoms with Gasteiger partial charge in [0, 0.05) is 49.7 Å². The van der Waals surface area contributed by atoms with Crippen LogP contribution >= 0.6 is 11.6 Å². The summed E-state index contributed by atoms with van der Waals surface area (Å²) in [5.41, 5.74) is 4.89. The third-order valence-corrected chi connectivity index (χ3v) is 5.59. The van der Waals surface area contributed by atoms with Gasteiger partial charge >= 0.3 is 0 Å². The van der Waals surface area contributed by atoms with Crippen molar-refractivity contribution in [2.24, 2.45) is 0 Å². The van der Waals surface area contributed by atoms with Crippen molar-refractivity contribution in [2.45, 2.75) is 12.4 Å². The standard InChI is InChI=1S/C23H24ClN3O/c24-16-20-8-11-22(25-23(20)28)19-6-9-21(10-7-19)27-14-12-26(13-15-27)17-18-4-2-1-3-5-18/h1-11H,12-17H2,(H,25,28). The summed E-state index contributed by atoms with van der Waals surface area (Å²) in [5.74, 6) is 0.227. The smallest absolute Gasteiger partial charge is 0.252 e. The molecular weight excluding hydrogens is 370 g/mol. The quantitative estimate of drug-likeness (QED) is 0.663. The van der Waals surface area contributed by atoms with Gasteiger partial charge in [0.25, 0.3) is 5.56 Å². The third-order valence-electron chi connectivity index (χ3n) is 5.30. The first kappa shape index (κ1) is 18.8. The minimum absolute atomic E-state index is 0.119. The number of halogens is 1. The van der Waals surface area contributed by atoms with E-state index in [1.54, 1.807) is 6.07 Å². The minimum atomic E-state index is -0.119. The number of anilines is 1. The van der Waals surface area contributed by atoms with E-state index in [-0.39, 0.29) is 11.4 Å². The molecule has 1 saturated heterocycles. The fraction of sp³-hybridized carbons (Fsp3) is 0.261. The number of benzene rings is 2. The van der Waals surface area contributed by atoms with Gasteiger partial charge < -0.3 is 9.88 Å². The lowest BCUT2D eigenvalue weighted by Gasteiger charge is -2.36. The van der Waals surface area contributed by atoms with Gasteiger partial charge in [0.1, 0.15) is 0 Å². The topological polar surface area (TPSA) is 39.3 Å². The van der Waals surface area contributed by atoms with Gasteiger partial charge in [-0.05, 0) is 29.3 Å².